The van der Waals surface area contributed by atoms with E-state index < -0.39 is 6.03 Å². The van der Waals surface area contributed by atoms with Gasteiger partial charge in [0.1, 0.15) is 12.1 Å². The molecule has 192 valence electrons. The molecule has 0 fully saturated rings. The van der Waals surface area contributed by atoms with Gasteiger partial charge in [-0.05, 0) is 87.4 Å². The quantitative estimate of drug-likeness (QED) is 0.298. The van der Waals surface area contributed by atoms with E-state index in [1.165, 1.54) is 16.9 Å². The maximum atomic E-state index is 12.9. The minimum Gasteiger partial charge on any atom is -0.497 e. The Kier molecular flexibility index (Phi) is 6.93. The summed E-state index contributed by atoms with van der Waals surface area (Å²) in [7, 11) is 1.66. The highest BCUT2D eigenvalue weighted by Gasteiger charge is 2.13. The van der Waals surface area contributed by atoms with Crippen LogP contribution in [0.1, 0.15) is 22.4 Å². The average Bonchev–Trinajstić information content (AvgIpc) is 3.52. The summed E-state index contributed by atoms with van der Waals surface area (Å²) < 4.78 is 9.15. The van der Waals surface area contributed by atoms with E-state index in [4.69, 9.17) is 4.74 Å². The van der Waals surface area contributed by atoms with Crippen LogP contribution in [0.2, 0.25) is 0 Å². The highest BCUT2D eigenvalue weighted by Crippen LogP contribution is 2.26. The summed E-state index contributed by atoms with van der Waals surface area (Å²) in [5.74, 6) is 1.41. The number of benzene rings is 3. The second kappa shape index (κ2) is 10.5. The number of methoxy groups -OCH3 is 1. The second-order valence-corrected chi connectivity index (χ2v) is 9.91. The molecule has 9 heteroatoms. The number of hydrogen-bond acceptors (Lipinski definition) is 5. The van der Waals surface area contributed by atoms with Crippen LogP contribution in [0.5, 0.6) is 5.75 Å². The maximum absolute atomic E-state index is 12.9. The largest absolute Gasteiger partial charge is 0.497 e. The van der Waals surface area contributed by atoms with Gasteiger partial charge in [0.05, 0.1) is 18.5 Å². The Morgan fingerprint density at radius 1 is 0.974 bits per heavy atom. The monoisotopic (exact) mass is 524 g/mol. The molecule has 2 aromatic heterocycles. The molecule has 0 saturated heterocycles. The zero-order valence-corrected chi connectivity index (χ0v) is 22.7. The van der Waals surface area contributed by atoms with Crippen LogP contribution >= 0.6 is 11.3 Å². The molecule has 2 amide bonds. The smallest absolute Gasteiger partial charge is 0.348 e. The Labute approximate surface area is 224 Å². The summed E-state index contributed by atoms with van der Waals surface area (Å²) in [5, 5.41) is 9.44. The van der Waals surface area contributed by atoms with Crippen molar-refractivity contribution >= 4 is 23.1 Å². The highest BCUT2D eigenvalue weighted by molar-refractivity contribution is 7.07. The third-order valence-electron chi connectivity index (χ3n) is 6.18. The number of hydrogen-bond donors (Lipinski definition) is 1. The molecule has 0 aliphatic heterocycles. The molecule has 0 radical (unpaired) electrons. The minimum atomic E-state index is -0.445. The Morgan fingerprint density at radius 3 is 2.32 bits per heavy atom. The molecule has 5 aromatic rings. The molecular formula is C29H28N6O2S. The van der Waals surface area contributed by atoms with Crippen molar-refractivity contribution in [3.05, 3.63) is 99.6 Å². The summed E-state index contributed by atoms with van der Waals surface area (Å²) >= 11 is 1.42. The third-order valence-corrected chi connectivity index (χ3v) is 7.13. The summed E-state index contributed by atoms with van der Waals surface area (Å²) in [6, 6.07) is 19.0. The zero-order valence-electron chi connectivity index (χ0n) is 21.9. The van der Waals surface area contributed by atoms with Crippen LogP contribution in [-0.4, -0.2) is 32.5 Å². The predicted octanol–water partition coefficient (Wildman–Crippen LogP) is 6.16. The van der Waals surface area contributed by atoms with Crippen molar-refractivity contribution < 1.29 is 9.53 Å². The van der Waals surface area contributed by atoms with E-state index in [-0.39, 0.29) is 0 Å². The van der Waals surface area contributed by atoms with Gasteiger partial charge >= 0.3 is 6.03 Å². The molecule has 0 spiro atoms. The van der Waals surface area contributed by atoms with Crippen LogP contribution in [0.25, 0.3) is 22.8 Å². The van der Waals surface area contributed by atoms with E-state index in [1.807, 2.05) is 98.3 Å². The molecule has 2 heterocycles. The number of amides is 2. The Bertz CT molecular complexity index is 1650. The number of aryl methyl sites for hydroxylation is 4. The van der Waals surface area contributed by atoms with Gasteiger partial charge in [-0.1, -0.05) is 17.7 Å². The summed E-state index contributed by atoms with van der Waals surface area (Å²) in [6.45, 7) is 8.10. The number of ether oxygens (including phenoxy) is 1. The zero-order chi connectivity index (χ0) is 26.8. The standard InChI is InChI=1S/C29H28N6O2S/c1-18-6-12-24(13-7-18)34-17-30-27(33-34)22-8-10-23(11-9-22)31-28(36)32-29-35(21(4)16-38-29)26-19(2)14-25(37-5)15-20(26)3/h6-17H,1-5H3,(H,31,36)/b32-29-. The topological polar surface area (TPSA) is 86.3 Å². The van der Waals surface area contributed by atoms with Gasteiger partial charge in [-0.2, -0.15) is 4.99 Å². The van der Waals surface area contributed by atoms with Gasteiger partial charge in [0.2, 0.25) is 0 Å². The van der Waals surface area contributed by atoms with E-state index >= 15 is 0 Å². The van der Waals surface area contributed by atoms with Crippen LogP contribution in [-0.2, 0) is 0 Å². The maximum Gasteiger partial charge on any atom is 0.348 e. The van der Waals surface area contributed by atoms with E-state index in [9.17, 15) is 4.79 Å². The summed E-state index contributed by atoms with van der Waals surface area (Å²) in [6.07, 6.45) is 1.69. The van der Waals surface area contributed by atoms with E-state index in [0.29, 0.717) is 16.3 Å². The molecule has 8 nitrogen and oxygen atoms in total. The second-order valence-electron chi connectivity index (χ2n) is 9.07. The molecular weight excluding hydrogens is 496 g/mol. The van der Waals surface area contributed by atoms with Gasteiger partial charge in [-0.3, -0.25) is 4.57 Å². The molecule has 0 atom stereocenters. The van der Waals surface area contributed by atoms with Crippen molar-refractivity contribution in [3.63, 3.8) is 0 Å². The molecule has 0 saturated carbocycles. The van der Waals surface area contributed by atoms with Crippen molar-refractivity contribution in [1.82, 2.24) is 19.3 Å². The predicted molar refractivity (Wildman–Crippen MR) is 151 cm³/mol. The van der Waals surface area contributed by atoms with Crippen LogP contribution in [0.15, 0.2) is 77.4 Å². The number of aromatic nitrogens is 4. The number of nitrogens with zero attached hydrogens (tertiary/aromatic N) is 5. The van der Waals surface area contributed by atoms with Crippen molar-refractivity contribution in [1.29, 1.82) is 0 Å². The lowest BCUT2D eigenvalue weighted by Gasteiger charge is -2.15. The first kappa shape index (κ1) is 25.2. The number of rotatable bonds is 5. The van der Waals surface area contributed by atoms with Gasteiger partial charge in [-0.25, -0.2) is 14.5 Å². The number of nitrogens with one attached hydrogen (secondary N) is 1. The summed E-state index contributed by atoms with van der Waals surface area (Å²) in [4.78, 5) is 22.3. The molecule has 3 aromatic carbocycles. The number of carbonyl (C=O) groups excluding carboxylic acids is 1. The van der Waals surface area contributed by atoms with Crippen LogP contribution in [0.4, 0.5) is 10.5 Å². The van der Waals surface area contributed by atoms with Gasteiger partial charge in [0.15, 0.2) is 10.6 Å². The lowest BCUT2D eigenvalue weighted by molar-refractivity contribution is 0.259. The van der Waals surface area contributed by atoms with Crippen LogP contribution < -0.4 is 14.9 Å². The molecule has 1 N–H and O–H groups in total. The fourth-order valence-corrected chi connectivity index (χ4v) is 5.15. The normalized spacial score (nSPS) is 11.6. The number of anilines is 1. The van der Waals surface area contributed by atoms with E-state index in [0.717, 1.165) is 39.5 Å². The van der Waals surface area contributed by atoms with Gasteiger partial charge in [0.25, 0.3) is 0 Å². The molecule has 0 unspecified atom stereocenters. The average molecular weight is 525 g/mol. The van der Waals surface area contributed by atoms with Gasteiger partial charge < -0.3 is 10.1 Å². The fourth-order valence-electron chi connectivity index (χ4n) is 4.29. The fraction of sp³-hybridized carbons (Fsp3) is 0.172. The molecule has 0 bridgehead atoms. The number of thiazole rings is 1. The Morgan fingerprint density at radius 2 is 1.66 bits per heavy atom. The van der Waals surface area contributed by atoms with E-state index in [1.54, 1.807) is 18.1 Å². The van der Waals surface area contributed by atoms with Crippen molar-refractivity contribution in [3.8, 4) is 28.5 Å². The minimum absolute atomic E-state index is 0.445. The number of carbonyl (C=O) groups is 1. The summed E-state index contributed by atoms with van der Waals surface area (Å²) in [5.41, 5.74) is 7.70. The van der Waals surface area contributed by atoms with Crippen molar-refractivity contribution in [2.45, 2.75) is 27.7 Å². The first-order chi connectivity index (χ1) is 18.3. The molecule has 0 aliphatic rings. The van der Waals surface area contributed by atoms with Gasteiger partial charge in [0, 0.05) is 22.3 Å². The Hall–Kier alpha value is -4.50. The lowest BCUT2D eigenvalue weighted by atomic mass is 10.1. The first-order valence-electron chi connectivity index (χ1n) is 12.1. The molecule has 5 rings (SSSR count). The van der Waals surface area contributed by atoms with Crippen molar-refractivity contribution in [2.75, 3.05) is 12.4 Å². The number of urea groups is 1. The highest BCUT2D eigenvalue weighted by atomic mass is 32.1. The lowest BCUT2D eigenvalue weighted by Crippen LogP contribution is -2.20. The first-order valence-corrected chi connectivity index (χ1v) is 13.0. The SMILES string of the molecule is COc1cc(C)c(-n2c(C)cs/c2=N\C(=O)Nc2ccc(-c3ncn(-c4ccc(C)cc4)n3)cc2)c(C)c1. The van der Waals surface area contributed by atoms with E-state index in [2.05, 4.69) is 20.4 Å². The van der Waals surface area contributed by atoms with Crippen LogP contribution in [0.3, 0.4) is 0 Å². The van der Waals surface area contributed by atoms with Crippen molar-refractivity contribution in [2.24, 2.45) is 4.99 Å². The third kappa shape index (κ3) is 5.14. The van der Waals surface area contributed by atoms with Gasteiger partial charge in [-0.15, -0.1) is 16.4 Å². The van der Waals surface area contributed by atoms with Crippen LogP contribution in [0, 0.1) is 27.7 Å². The molecule has 0 aliphatic carbocycles. The molecule has 38 heavy (non-hydrogen) atoms. The Balaban J connectivity index is 1.35.